The molecule has 0 bridgehead atoms. The number of carbonyl (C=O) groups is 2. The van der Waals surface area contributed by atoms with Gasteiger partial charge in [0.15, 0.2) is 5.75 Å². The van der Waals surface area contributed by atoms with Gasteiger partial charge in [-0.1, -0.05) is 0 Å². The first-order valence-electron chi connectivity index (χ1n) is 8.40. The van der Waals surface area contributed by atoms with Crippen LogP contribution in [0.15, 0.2) is 48.5 Å². The van der Waals surface area contributed by atoms with Crippen LogP contribution < -0.4 is 20.0 Å². The van der Waals surface area contributed by atoms with Gasteiger partial charge in [-0.25, -0.2) is 9.59 Å². The zero-order valence-electron chi connectivity index (χ0n) is 15.4. The van der Waals surface area contributed by atoms with Crippen molar-refractivity contribution in [2.75, 3.05) is 30.7 Å². The molecule has 8 nitrogen and oxygen atoms in total. The van der Waals surface area contributed by atoms with Crippen molar-refractivity contribution >= 4 is 23.6 Å². The van der Waals surface area contributed by atoms with E-state index in [4.69, 9.17) is 19.0 Å². The number of benzene rings is 2. The molecule has 0 fully saturated rings. The summed E-state index contributed by atoms with van der Waals surface area (Å²) in [6.45, 7) is 3.90. The number of amides is 2. The van der Waals surface area contributed by atoms with E-state index in [9.17, 15) is 9.59 Å². The predicted octanol–water partition coefficient (Wildman–Crippen LogP) is 4.22. The van der Waals surface area contributed by atoms with E-state index in [-0.39, 0.29) is 13.2 Å². The summed E-state index contributed by atoms with van der Waals surface area (Å²) in [7, 11) is 1.56. The Kier molecular flexibility index (Phi) is 7.30. The van der Waals surface area contributed by atoms with Crippen LogP contribution >= 0.6 is 0 Å². The number of ether oxygens (including phenoxy) is 3. The van der Waals surface area contributed by atoms with E-state index in [1.54, 1.807) is 69.5 Å². The first kappa shape index (κ1) is 19.9. The predicted molar refractivity (Wildman–Crippen MR) is 100 cm³/mol. The second-order valence-corrected chi connectivity index (χ2v) is 5.15. The number of nitrogens with zero attached hydrogens (tertiary/aromatic N) is 1. The first-order chi connectivity index (χ1) is 13.1. The van der Waals surface area contributed by atoms with Crippen molar-refractivity contribution in [3.05, 3.63) is 48.5 Å². The fraction of sp³-hybridized carbons (Fsp3) is 0.263. The van der Waals surface area contributed by atoms with Crippen molar-refractivity contribution in [2.24, 2.45) is 0 Å². The Bertz CT molecular complexity index is 746. The molecule has 2 aromatic carbocycles. The van der Waals surface area contributed by atoms with Gasteiger partial charge in [0.2, 0.25) is 0 Å². The van der Waals surface area contributed by atoms with Gasteiger partial charge in [0, 0.05) is 5.69 Å². The van der Waals surface area contributed by atoms with Gasteiger partial charge >= 0.3 is 12.2 Å². The van der Waals surface area contributed by atoms with Gasteiger partial charge < -0.3 is 19.0 Å². The summed E-state index contributed by atoms with van der Waals surface area (Å²) in [6.07, 6.45) is -1.22. The molecule has 1 N–H and O–H groups in total. The quantitative estimate of drug-likeness (QED) is 0.730. The van der Waals surface area contributed by atoms with E-state index in [1.807, 2.05) is 0 Å². The van der Waals surface area contributed by atoms with Crippen LogP contribution in [0.5, 0.6) is 11.5 Å². The Labute approximate surface area is 157 Å². The average molecular weight is 374 g/mol. The molecule has 27 heavy (non-hydrogen) atoms. The molecule has 0 radical (unpaired) electrons. The van der Waals surface area contributed by atoms with Gasteiger partial charge in [-0.15, -0.1) is 5.06 Å². The van der Waals surface area contributed by atoms with Crippen molar-refractivity contribution < 1.29 is 28.6 Å². The minimum absolute atomic E-state index is 0.198. The molecule has 144 valence electrons. The Balaban J connectivity index is 2.17. The first-order valence-corrected chi connectivity index (χ1v) is 8.40. The van der Waals surface area contributed by atoms with Gasteiger partial charge in [-0.2, -0.15) is 0 Å². The Morgan fingerprint density at radius 1 is 0.889 bits per heavy atom. The van der Waals surface area contributed by atoms with E-state index in [0.29, 0.717) is 22.9 Å². The van der Waals surface area contributed by atoms with E-state index in [2.05, 4.69) is 5.32 Å². The lowest BCUT2D eigenvalue weighted by atomic mass is 10.3. The molecule has 0 aliphatic heterocycles. The maximum Gasteiger partial charge on any atom is 0.448 e. The molecule has 0 saturated heterocycles. The van der Waals surface area contributed by atoms with Crippen LogP contribution in [0.4, 0.5) is 21.0 Å². The third-order valence-corrected chi connectivity index (χ3v) is 3.31. The number of anilines is 2. The molecule has 8 heteroatoms. The van der Waals surface area contributed by atoms with Crippen molar-refractivity contribution in [3.8, 4) is 11.5 Å². The number of carbonyl (C=O) groups excluding carboxylic acids is 2. The molecule has 2 amide bonds. The minimum atomic E-state index is -0.667. The molecular formula is C19H22N2O6. The maximum absolute atomic E-state index is 12.3. The smallest absolute Gasteiger partial charge is 0.448 e. The largest absolute Gasteiger partial charge is 0.497 e. The Hall–Kier alpha value is -3.42. The zero-order valence-corrected chi connectivity index (χ0v) is 15.4. The van der Waals surface area contributed by atoms with Gasteiger partial charge in [0.05, 0.1) is 26.0 Å². The van der Waals surface area contributed by atoms with Crippen LogP contribution in [-0.2, 0) is 9.47 Å². The number of nitrogens with one attached hydrogen (secondary N) is 1. The summed E-state index contributed by atoms with van der Waals surface area (Å²) < 4.78 is 15.0. The highest BCUT2D eigenvalue weighted by Crippen LogP contribution is 2.23. The molecule has 2 rings (SSSR count). The summed E-state index contributed by atoms with van der Waals surface area (Å²) in [6, 6.07) is 13.2. The van der Waals surface area contributed by atoms with Gasteiger partial charge in [-0.05, 0) is 62.4 Å². The summed E-state index contributed by atoms with van der Waals surface area (Å²) in [4.78, 5) is 29.4. The summed E-state index contributed by atoms with van der Waals surface area (Å²) in [5, 5.41) is 3.60. The second-order valence-electron chi connectivity index (χ2n) is 5.15. The third-order valence-electron chi connectivity index (χ3n) is 3.31. The molecule has 0 saturated carbocycles. The summed E-state index contributed by atoms with van der Waals surface area (Å²) in [5.74, 6) is 1.09. The SMILES string of the molecule is CCOC(=O)Nc1ccc(N(Oc2ccc(OC)cc2)C(=O)OCC)cc1. The lowest BCUT2D eigenvalue weighted by Crippen LogP contribution is -2.34. The van der Waals surface area contributed by atoms with E-state index in [0.717, 1.165) is 5.06 Å². The lowest BCUT2D eigenvalue weighted by molar-refractivity contribution is 0.131. The fourth-order valence-electron chi connectivity index (χ4n) is 2.08. The average Bonchev–Trinajstić information content (AvgIpc) is 2.67. The van der Waals surface area contributed by atoms with Crippen LogP contribution in [-0.4, -0.2) is 32.5 Å². The Morgan fingerprint density at radius 2 is 1.48 bits per heavy atom. The normalized spacial score (nSPS) is 9.89. The number of rotatable bonds is 7. The van der Waals surface area contributed by atoms with Crippen LogP contribution in [0.3, 0.4) is 0 Å². The van der Waals surface area contributed by atoms with Gasteiger partial charge in [0.1, 0.15) is 5.75 Å². The topological polar surface area (TPSA) is 86.3 Å². The van der Waals surface area contributed by atoms with Crippen LogP contribution in [0.25, 0.3) is 0 Å². The van der Waals surface area contributed by atoms with E-state index in [1.165, 1.54) is 0 Å². The molecule has 0 aliphatic carbocycles. The molecule has 0 spiro atoms. The second kappa shape index (κ2) is 9.91. The summed E-state index contributed by atoms with van der Waals surface area (Å²) >= 11 is 0. The fourth-order valence-corrected chi connectivity index (χ4v) is 2.08. The minimum Gasteiger partial charge on any atom is -0.497 e. The third kappa shape index (κ3) is 5.81. The van der Waals surface area contributed by atoms with Crippen molar-refractivity contribution in [1.82, 2.24) is 0 Å². The van der Waals surface area contributed by atoms with Crippen molar-refractivity contribution in [2.45, 2.75) is 13.8 Å². The van der Waals surface area contributed by atoms with E-state index < -0.39 is 12.2 Å². The standard InChI is InChI=1S/C19H22N2O6/c1-4-25-18(22)20-14-6-8-15(9-7-14)21(19(23)26-5-2)27-17-12-10-16(24-3)11-13-17/h6-13H,4-5H2,1-3H3,(H,20,22). The molecule has 0 aliphatic rings. The molecule has 0 atom stereocenters. The highest BCUT2D eigenvalue weighted by molar-refractivity contribution is 5.88. The van der Waals surface area contributed by atoms with Crippen LogP contribution in [0.1, 0.15) is 13.8 Å². The monoisotopic (exact) mass is 374 g/mol. The molecule has 0 unspecified atom stereocenters. The van der Waals surface area contributed by atoms with Crippen molar-refractivity contribution in [3.63, 3.8) is 0 Å². The van der Waals surface area contributed by atoms with Crippen LogP contribution in [0, 0.1) is 0 Å². The zero-order chi connectivity index (χ0) is 19.6. The molecular weight excluding hydrogens is 352 g/mol. The van der Waals surface area contributed by atoms with Crippen LogP contribution in [0.2, 0.25) is 0 Å². The number of hydroxylamine groups is 1. The molecule has 0 heterocycles. The molecule has 2 aromatic rings. The lowest BCUT2D eigenvalue weighted by Gasteiger charge is -2.22. The number of hydrogen-bond donors (Lipinski definition) is 1. The van der Waals surface area contributed by atoms with Crippen molar-refractivity contribution in [1.29, 1.82) is 0 Å². The van der Waals surface area contributed by atoms with Gasteiger partial charge in [0.25, 0.3) is 0 Å². The van der Waals surface area contributed by atoms with Gasteiger partial charge in [-0.3, -0.25) is 5.32 Å². The highest BCUT2D eigenvalue weighted by Gasteiger charge is 2.20. The summed E-state index contributed by atoms with van der Waals surface area (Å²) in [5.41, 5.74) is 0.948. The maximum atomic E-state index is 12.3. The Morgan fingerprint density at radius 3 is 2.04 bits per heavy atom. The molecule has 0 aromatic heterocycles. The van der Waals surface area contributed by atoms with E-state index >= 15 is 0 Å². The highest BCUT2D eigenvalue weighted by atomic mass is 16.7. The number of hydrogen-bond acceptors (Lipinski definition) is 6. The number of methoxy groups -OCH3 is 1.